The third-order valence-corrected chi connectivity index (χ3v) is 5.34. The van der Waals surface area contributed by atoms with Crippen molar-refractivity contribution < 1.29 is 4.79 Å². The molecule has 0 bridgehead atoms. The molecule has 1 heterocycles. The fourth-order valence-corrected chi connectivity index (χ4v) is 3.41. The number of hydrogen-bond donors (Lipinski definition) is 2. The number of benzene rings is 2. The monoisotopic (exact) mass is 418 g/mol. The van der Waals surface area contributed by atoms with E-state index in [0.29, 0.717) is 17.8 Å². The fraction of sp³-hybridized carbons (Fsp3) is 0.292. The van der Waals surface area contributed by atoms with Crippen LogP contribution >= 0.6 is 0 Å². The van der Waals surface area contributed by atoms with Crippen molar-refractivity contribution in [3.8, 4) is 0 Å². The number of carbonyl (C=O) groups is 1. The molecule has 162 valence electrons. The zero-order valence-electron chi connectivity index (χ0n) is 18.4. The lowest BCUT2D eigenvalue weighted by molar-refractivity contribution is 0.0949. The van der Waals surface area contributed by atoms with Gasteiger partial charge >= 0.3 is 0 Å². The van der Waals surface area contributed by atoms with Crippen LogP contribution in [0.25, 0.3) is 16.6 Å². The van der Waals surface area contributed by atoms with Crippen LogP contribution < -0.4 is 10.2 Å². The normalized spacial score (nSPS) is 11.7. The number of para-hydroxylation sites is 1. The Labute approximate surface area is 183 Å². The summed E-state index contributed by atoms with van der Waals surface area (Å²) in [4.78, 5) is 20.8. The molecule has 0 radical (unpaired) electrons. The van der Waals surface area contributed by atoms with Gasteiger partial charge in [-0.15, -0.1) is 0 Å². The van der Waals surface area contributed by atoms with Gasteiger partial charge in [0.15, 0.2) is 0 Å². The number of likely N-dealkylation sites (N-methyl/N-ethyl adjacent to an activating group) is 1. The van der Waals surface area contributed by atoms with Crippen molar-refractivity contribution in [2.75, 3.05) is 38.1 Å². The first-order chi connectivity index (χ1) is 15.1. The first-order valence-corrected chi connectivity index (χ1v) is 10.5. The third kappa shape index (κ3) is 5.38. The Morgan fingerprint density at radius 3 is 2.55 bits per heavy atom. The minimum Gasteiger partial charge on any atom is -0.351 e. The largest absolute Gasteiger partial charge is 0.351 e. The summed E-state index contributed by atoms with van der Waals surface area (Å²) in [5.74, 6) is -0.0617. The van der Waals surface area contributed by atoms with E-state index in [2.05, 4.69) is 46.0 Å². The first kappa shape index (κ1) is 22.2. The molecule has 1 aromatic heterocycles. The number of nitrogens with zero attached hydrogens (tertiary/aromatic N) is 4. The van der Waals surface area contributed by atoms with E-state index in [1.54, 1.807) is 0 Å². The Morgan fingerprint density at radius 1 is 1.16 bits per heavy atom. The van der Waals surface area contributed by atoms with Gasteiger partial charge in [-0.05, 0) is 50.1 Å². The number of carbonyl (C=O) groups excluding carboxylic acids is 1. The Hall–Kier alpha value is -3.45. The van der Waals surface area contributed by atoms with Crippen LogP contribution in [0.1, 0.15) is 29.9 Å². The highest BCUT2D eigenvalue weighted by Gasteiger charge is 2.11. The Balaban J connectivity index is 1.68. The van der Waals surface area contributed by atoms with Crippen LogP contribution in [0.4, 0.5) is 5.69 Å². The van der Waals surface area contributed by atoms with Gasteiger partial charge in [0, 0.05) is 43.0 Å². The van der Waals surface area contributed by atoms with Crippen LogP contribution in [0.3, 0.4) is 0 Å². The Bertz CT molecular complexity index is 1050. The van der Waals surface area contributed by atoms with Crippen LogP contribution in [0.15, 0.2) is 59.7 Å². The summed E-state index contributed by atoms with van der Waals surface area (Å²) in [6.45, 7) is 11.4. The molecule has 3 aromatic rings. The maximum atomic E-state index is 12.4. The van der Waals surface area contributed by atoms with Gasteiger partial charge in [-0.25, -0.2) is 0 Å². The fourth-order valence-electron chi connectivity index (χ4n) is 3.41. The zero-order valence-corrected chi connectivity index (χ0v) is 18.4. The number of fused-ring (bicyclic) bond motifs is 1. The number of aromatic amines is 1. The van der Waals surface area contributed by atoms with Crippen molar-refractivity contribution in [2.24, 2.45) is 4.99 Å². The van der Waals surface area contributed by atoms with E-state index in [4.69, 9.17) is 0 Å². The van der Waals surface area contributed by atoms with Crippen LogP contribution in [0.2, 0.25) is 0 Å². The standard InChI is InChI=1S/C24H30N6O/c1-5-30(6-2)16-15-26-24(31)18-11-13-19(14-12-18)29(4)17-22(25-3)23-20-9-7-8-10-21(20)27-28-23/h7-14,17H,3,5-6,15-16H2,1-2,4H3,(H,26,31)(H,27,28)/b22-17-. The second kappa shape index (κ2) is 10.5. The molecule has 0 aliphatic rings. The molecule has 2 N–H and O–H groups in total. The summed E-state index contributed by atoms with van der Waals surface area (Å²) in [5.41, 5.74) is 3.94. The Morgan fingerprint density at radius 2 is 1.87 bits per heavy atom. The van der Waals surface area contributed by atoms with E-state index in [0.717, 1.165) is 41.9 Å². The third-order valence-electron chi connectivity index (χ3n) is 5.34. The summed E-state index contributed by atoms with van der Waals surface area (Å²) in [6, 6.07) is 15.4. The smallest absolute Gasteiger partial charge is 0.251 e. The lowest BCUT2D eigenvalue weighted by Gasteiger charge is -2.18. The topological polar surface area (TPSA) is 76.6 Å². The molecule has 0 saturated carbocycles. The molecule has 3 rings (SSSR count). The SMILES string of the molecule is C=N/C(=C\N(C)c1ccc(C(=O)NCCN(CC)CC)cc1)c1n[nH]c2ccccc12. The van der Waals surface area contributed by atoms with Crippen molar-refractivity contribution in [3.63, 3.8) is 0 Å². The van der Waals surface area contributed by atoms with E-state index in [9.17, 15) is 4.79 Å². The molecule has 0 unspecified atom stereocenters. The van der Waals surface area contributed by atoms with Gasteiger partial charge in [0.25, 0.3) is 5.91 Å². The predicted octanol–water partition coefficient (Wildman–Crippen LogP) is 3.77. The van der Waals surface area contributed by atoms with Crippen molar-refractivity contribution >= 4 is 34.9 Å². The van der Waals surface area contributed by atoms with E-state index in [1.165, 1.54) is 0 Å². The van der Waals surface area contributed by atoms with Gasteiger partial charge in [-0.2, -0.15) is 5.10 Å². The van der Waals surface area contributed by atoms with Gasteiger partial charge < -0.3 is 15.1 Å². The molecule has 2 aromatic carbocycles. The molecule has 7 heteroatoms. The first-order valence-electron chi connectivity index (χ1n) is 10.5. The molecule has 0 fully saturated rings. The molecular formula is C24H30N6O. The highest BCUT2D eigenvalue weighted by molar-refractivity contribution is 5.94. The van der Waals surface area contributed by atoms with E-state index < -0.39 is 0 Å². The zero-order chi connectivity index (χ0) is 22.2. The molecule has 31 heavy (non-hydrogen) atoms. The van der Waals surface area contributed by atoms with Gasteiger partial charge in [0.05, 0.1) is 5.52 Å². The molecular weight excluding hydrogens is 388 g/mol. The van der Waals surface area contributed by atoms with E-state index in [-0.39, 0.29) is 5.91 Å². The van der Waals surface area contributed by atoms with Gasteiger partial charge in [-0.3, -0.25) is 14.9 Å². The number of anilines is 1. The van der Waals surface area contributed by atoms with Crippen LogP contribution in [-0.2, 0) is 0 Å². The van der Waals surface area contributed by atoms with Crippen LogP contribution in [0, 0.1) is 0 Å². The number of hydrogen-bond acceptors (Lipinski definition) is 5. The molecule has 0 saturated heterocycles. The van der Waals surface area contributed by atoms with Gasteiger partial charge in [0.1, 0.15) is 11.4 Å². The lowest BCUT2D eigenvalue weighted by atomic mass is 10.1. The van der Waals surface area contributed by atoms with Crippen molar-refractivity contribution in [3.05, 3.63) is 66.0 Å². The van der Waals surface area contributed by atoms with Crippen molar-refractivity contribution in [2.45, 2.75) is 13.8 Å². The summed E-state index contributed by atoms with van der Waals surface area (Å²) in [5, 5.41) is 11.4. The number of amides is 1. The quantitative estimate of drug-likeness (QED) is 0.492. The predicted molar refractivity (Wildman–Crippen MR) is 129 cm³/mol. The number of H-pyrrole nitrogens is 1. The summed E-state index contributed by atoms with van der Waals surface area (Å²) in [7, 11) is 1.93. The average molecular weight is 419 g/mol. The summed E-state index contributed by atoms with van der Waals surface area (Å²) < 4.78 is 0. The van der Waals surface area contributed by atoms with Crippen LogP contribution in [-0.4, -0.2) is 60.9 Å². The summed E-state index contributed by atoms with van der Waals surface area (Å²) >= 11 is 0. The maximum absolute atomic E-state index is 12.4. The molecule has 1 amide bonds. The molecule has 0 atom stereocenters. The molecule has 0 spiro atoms. The average Bonchev–Trinajstić information content (AvgIpc) is 3.24. The van der Waals surface area contributed by atoms with E-state index in [1.807, 2.05) is 66.7 Å². The highest BCUT2D eigenvalue weighted by Crippen LogP contribution is 2.25. The van der Waals surface area contributed by atoms with Crippen molar-refractivity contribution in [1.29, 1.82) is 0 Å². The maximum Gasteiger partial charge on any atom is 0.251 e. The minimum absolute atomic E-state index is 0.0617. The van der Waals surface area contributed by atoms with Crippen molar-refractivity contribution in [1.82, 2.24) is 20.4 Å². The number of aromatic nitrogens is 2. The number of nitrogens with one attached hydrogen (secondary N) is 2. The van der Waals surface area contributed by atoms with Gasteiger partial charge in [0.2, 0.25) is 0 Å². The van der Waals surface area contributed by atoms with Gasteiger partial charge in [-0.1, -0.05) is 32.0 Å². The molecule has 0 aliphatic carbocycles. The van der Waals surface area contributed by atoms with E-state index >= 15 is 0 Å². The molecule has 0 aliphatic heterocycles. The number of rotatable bonds is 10. The second-order valence-electron chi connectivity index (χ2n) is 7.23. The summed E-state index contributed by atoms with van der Waals surface area (Å²) in [6.07, 6.45) is 1.88. The second-order valence-corrected chi connectivity index (χ2v) is 7.23. The highest BCUT2D eigenvalue weighted by atomic mass is 16.1. The Kier molecular flexibility index (Phi) is 7.56. The van der Waals surface area contributed by atoms with Crippen LogP contribution in [0.5, 0.6) is 0 Å². The lowest BCUT2D eigenvalue weighted by Crippen LogP contribution is -2.34. The molecule has 7 nitrogen and oxygen atoms in total. The minimum atomic E-state index is -0.0617. The number of aliphatic imine (C=N–C) groups is 1.